The Balaban J connectivity index is 0.000000145. The maximum Gasteiger partial charge on any atom is 0.0681 e. The molecule has 2 rings (SSSR count). The summed E-state index contributed by atoms with van der Waals surface area (Å²) in [4.78, 5) is 0. The van der Waals surface area contributed by atoms with Crippen LogP contribution in [0.25, 0.3) is 0 Å². The lowest BCUT2D eigenvalue weighted by Crippen LogP contribution is -2.04. The van der Waals surface area contributed by atoms with Crippen molar-refractivity contribution in [2.45, 2.75) is 32.8 Å². The van der Waals surface area contributed by atoms with Crippen LogP contribution < -0.4 is 0 Å². The van der Waals surface area contributed by atoms with Crippen LogP contribution in [0.3, 0.4) is 0 Å². The quantitative estimate of drug-likeness (QED) is 0.701. The Morgan fingerprint density at radius 2 is 1.77 bits per heavy atom. The highest BCUT2D eigenvalue weighted by Gasteiger charge is 2.09. The van der Waals surface area contributed by atoms with Gasteiger partial charge < -0.3 is 5.11 Å². The molecule has 1 heteroatoms. The van der Waals surface area contributed by atoms with Gasteiger partial charge in [0.05, 0.1) is 6.61 Å². The third kappa shape index (κ3) is 4.09. The third-order valence-corrected chi connectivity index (χ3v) is 2.42. The highest BCUT2D eigenvalue weighted by Crippen LogP contribution is 2.24. The monoisotopic (exact) mass is 178 g/mol. The van der Waals surface area contributed by atoms with E-state index in [1.54, 1.807) is 0 Å². The van der Waals surface area contributed by atoms with E-state index in [9.17, 15) is 0 Å². The van der Waals surface area contributed by atoms with Crippen molar-refractivity contribution in [3.8, 4) is 0 Å². The molecule has 1 aromatic rings. The van der Waals surface area contributed by atoms with Gasteiger partial charge in [-0.2, -0.15) is 0 Å². The highest BCUT2D eigenvalue weighted by atomic mass is 16.3. The van der Waals surface area contributed by atoms with E-state index in [2.05, 4.69) is 6.92 Å². The molecule has 72 valence electrons. The standard InChI is InChI=1S/C7H8O.C5H10/c8-6-7-4-2-1-3-5-7;1-5-3-2-4-5/h1-5,8H,6H2;5H,2-4H2,1H3. The normalized spacial score (nSPS) is 15.5. The van der Waals surface area contributed by atoms with Crippen molar-refractivity contribution in [3.63, 3.8) is 0 Å². The molecule has 1 aromatic carbocycles. The number of aliphatic hydroxyl groups is 1. The maximum absolute atomic E-state index is 8.54. The van der Waals surface area contributed by atoms with Crippen LogP contribution in [0.2, 0.25) is 0 Å². The van der Waals surface area contributed by atoms with Crippen molar-refractivity contribution in [1.29, 1.82) is 0 Å². The van der Waals surface area contributed by atoms with Crippen molar-refractivity contribution in [1.82, 2.24) is 0 Å². The molecule has 0 aliphatic heterocycles. The first-order chi connectivity index (χ1) is 6.33. The van der Waals surface area contributed by atoms with Gasteiger partial charge in [0.25, 0.3) is 0 Å². The second-order valence-corrected chi connectivity index (χ2v) is 3.68. The first-order valence-electron chi connectivity index (χ1n) is 4.97. The topological polar surface area (TPSA) is 20.2 Å². The van der Waals surface area contributed by atoms with Gasteiger partial charge >= 0.3 is 0 Å². The lowest BCUT2D eigenvalue weighted by molar-refractivity contribution is 0.282. The molecule has 0 spiro atoms. The summed E-state index contributed by atoms with van der Waals surface area (Å²) in [6.45, 7) is 2.45. The Hall–Kier alpha value is -0.820. The summed E-state index contributed by atoms with van der Waals surface area (Å²) >= 11 is 0. The van der Waals surface area contributed by atoms with Gasteiger partial charge in [-0.15, -0.1) is 0 Å². The summed E-state index contributed by atoms with van der Waals surface area (Å²) in [5, 5.41) is 8.54. The van der Waals surface area contributed by atoms with E-state index < -0.39 is 0 Å². The second-order valence-electron chi connectivity index (χ2n) is 3.68. The van der Waals surface area contributed by atoms with Gasteiger partial charge in [0.2, 0.25) is 0 Å². The molecular formula is C12H18O. The van der Waals surface area contributed by atoms with E-state index in [4.69, 9.17) is 5.11 Å². The summed E-state index contributed by atoms with van der Waals surface area (Å²) in [5.74, 6) is 1.06. The van der Waals surface area contributed by atoms with Crippen molar-refractivity contribution >= 4 is 0 Å². The molecule has 1 nitrogen and oxygen atoms in total. The van der Waals surface area contributed by atoms with Gasteiger partial charge in [0.1, 0.15) is 0 Å². The molecule has 0 amide bonds. The van der Waals surface area contributed by atoms with Crippen LogP contribution in [-0.4, -0.2) is 5.11 Å². The van der Waals surface area contributed by atoms with Crippen LogP contribution in [0, 0.1) is 5.92 Å². The molecule has 1 aliphatic carbocycles. The lowest BCUT2D eigenvalue weighted by Gasteiger charge is -2.18. The van der Waals surface area contributed by atoms with E-state index >= 15 is 0 Å². The van der Waals surface area contributed by atoms with Crippen LogP contribution >= 0.6 is 0 Å². The van der Waals surface area contributed by atoms with E-state index in [1.165, 1.54) is 19.3 Å². The molecule has 1 N–H and O–H groups in total. The molecule has 1 fully saturated rings. The number of benzene rings is 1. The van der Waals surface area contributed by atoms with Crippen LogP contribution in [0.1, 0.15) is 31.7 Å². The highest BCUT2D eigenvalue weighted by molar-refractivity contribution is 5.12. The van der Waals surface area contributed by atoms with Crippen LogP contribution in [-0.2, 0) is 6.61 Å². The van der Waals surface area contributed by atoms with E-state index in [-0.39, 0.29) is 6.61 Å². The van der Waals surface area contributed by atoms with E-state index in [1.807, 2.05) is 30.3 Å². The summed E-state index contributed by atoms with van der Waals surface area (Å²) in [6.07, 6.45) is 4.46. The molecule has 0 atom stereocenters. The van der Waals surface area contributed by atoms with Crippen LogP contribution in [0.4, 0.5) is 0 Å². The van der Waals surface area contributed by atoms with Gasteiger partial charge in [-0.05, 0) is 11.5 Å². The van der Waals surface area contributed by atoms with Crippen molar-refractivity contribution in [3.05, 3.63) is 35.9 Å². The molecule has 0 radical (unpaired) electrons. The summed E-state index contributed by atoms with van der Waals surface area (Å²) < 4.78 is 0. The maximum atomic E-state index is 8.54. The van der Waals surface area contributed by atoms with E-state index in [0.717, 1.165) is 11.5 Å². The molecular weight excluding hydrogens is 160 g/mol. The molecule has 0 saturated heterocycles. The number of hydrogen-bond acceptors (Lipinski definition) is 1. The first-order valence-corrected chi connectivity index (χ1v) is 4.97. The Bertz CT molecular complexity index is 214. The summed E-state index contributed by atoms with van der Waals surface area (Å²) in [7, 11) is 0. The van der Waals surface area contributed by atoms with Crippen molar-refractivity contribution in [2.24, 2.45) is 5.92 Å². The molecule has 0 unspecified atom stereocenters. The molecule has 0 bridgehead atoms. The fourth-order valence-electron chi connectivity index (χ4n) is 1.20. The Kier molecular flexibility index (Phi) is 4.55. The fraction of sp³-hybridized carbons (Fsp3) is 0.500. The molecule has 13 heavy (non-hydrogen) atoms. The zero-order valence-electron chi connectivity index (χ0n) is 8.24. The predicted molar refractivity (Wildman–Crippen MR) is 55.4 cm³/mol. The van der Waals surface area contributed by atoms with Gasteiger partial charge in [0.15, 0.2) is 0 Å². The SMILES string of the molecule is CC1CCC1.OCc1ccccc1. The fourth-order valence-corrected chi connectivity index (χ4v) is 1.20. The number of aliphatic hydroxyl groups excluding tert-OH is 1. The Morgan fingerprint density at radius 3 is 2.00 bits per heavy atom. The number of hydrogen-bond donors (Lipinski definition) is 1. The van der Waals surface area contributed by atoms with Crippen LogP contribution in [0.15, 0.2) is 30.3 Å². The largest absolute Gasteiger partial charge is 0.392 e. The minimum absolute atomic E-state index is 0.140. The molecule has 0 heterocycles. The summed E-state index contributed by atoms with van der Waals surface area (Å²) in [6, 6.07) is 9.52. The van der Waals surface area contributed by atoms with Gasteiger partial charge in [-0.3, -0.25) is 0 Å². The predicted octanol–water partition coefficient (Wildman–Crippen LogP) is 2.99. The van der Waals surface area contributed by atoms with Crippen molar-refractivity contribution < 1.29 is 5.11 Å². The average Bonchev–Trinajstić information content (AvgIpc) is 2.17. The third-order valence-electron chi connectivity index (χ3n) is 2.42. The van der Waals surface area contributed by atoms with Gasteiger partial charge in [-0.25, -0.2) is 0 Å². The lowest BCUT2D eigenvalue weighted by atomic mass is 9.88. The smallest absolute Gasteiger partial charge is 0.0681 e. The Labute approximate surface area is 80.4 Å². The summed E-state index contributed by atoms with van der Waals surface area (Å²) in [5.41, 5.74) is 0.965. The molecule has 0 aromatic heterocycles. The molecule has 1 saturated carbocycles. The number of rotatable bonds is 1. The zero-order valence-corrected chi connectivity index (χ0v) is 8.24. The van der Waals surface area contributed by atoms with Gasteiger partial charge in [0, 0.05) is 0 Å². The first kappa shape index (κ1) is 10.3. The average molecular weight is 178 g/mol. The zero-order chi connectivity index (χ0) is 9.52. The van der Waals surface area contributed by atoms with Crippen molar-refractivity contribution in [2.75, 3.05) is 0 Å². The van der Waals surface area contributed by atoms with Gasteiger partial charge in [-0.1, -0.05) is 56.5 Å². The minimum atomic E-state index is 0.140. The molecule has 1 aliphatic rings. The Morgan fingerprint density at radius 1 is 1.23 bits per heavy atom. The second kappa shape index (κ2) is 5.76. The van der Waals surface area contributed by atoms with Crippen LogP contribution in [0.5, 0.6) is 0 Å². The minimum Gasteiger partial charge on any atom is -0.392 e. The van der Waals surface area contributed by atoms with E-state index in [0.29, 0.717) is 0 Å².